The number of benzene rings is 2. The molecule has 2 amide bonds. The molecule has 0 atom stereocenters. The highest BCUT2D eigenvalue weighted by Gasteiger charge is 2.14. The SMILES string of the molecule is CN(CC(=O)Nc1ccc(F)cc1)CC(=O)Nc1cc(Cl)ccc1-n1cncn1. The number of nitrogens with zero attached hydrogens (tertiary/aromatic N) is 4. The van der Waals surface area contributed by atoms with Gasteiger partial charge in [-0.1, -0.05) is 11.6 Å². The van der Waals surface area contributed by atoms with Crippen molar-refractivity contribution in [1.29, 1.82) is 0 Å². The van der Waals surface area contributed by atoms with E-state index < -0.39 is 0 Å². The molecular formula is C19H18ClFN6O2. The number of halogens is 2. The summed E-state index contributed by atoms with van der Waals surface area (Å²) in [5.74, 6) is -1.04. The van der Waals surface area contributed by atoms with Gasteiger partial charge in [0.2, 0.25) is 11.8 Å². The van der Waals surface area contributed by atoms with Gasteiger partial charge in [0, 0.05) is 10.7 Å². The zero-order valence-electron chi connectivity index (χ0n) is 15.5. The molecule has 0 bridgehead atoms. The molecule has 29 heavy (non-hydrogen) atoms. The Balaban J connectivity index is 1.57. The van der Waals surface area contributed by atoms with E-state index >= 15 is 0 Å². The van der Waals surface area contributed by atoms with Crippen LogP contribution in [0.2, 0.25) is 5.02 Å². The topological polar surface area (TPSA) is 92.2 Å². The lowest BCUT2D eigenvalue weighted by molar-refractivity contribution is -0.119. The van der Waals surface area contributed by atoms with E-state index in [0.717, 1.165) is 0 Å². The fourth-order valence-corrected chi connectivity index (χ4v) is 2.78. The second-order valence-electron chi connectivity index (χ2n) is 6.28. The summed E-state index contributed by atoms with van der Waals surface area (Å²) in [4.78, 5) is 29.9. The van der Waals surface area contributed by atoms with Crippen molar-refractivity contribution < 1.29 is 14.0 Å². The molecule has 0 spiro atoms. The van der Waals surface area contributed by atoms with Gasteiger partial charge in [-0.25, -0.2) is 14.1 Å². The first-order valence-corrected chi connectivity index (χ1v) is 8.97. The Labute approximate surface area is 171 Å². The van der Waals surface area contributed by atoms with Gasteiger partial charge >= 0.3 is 0 Å². The molecule has 1 aromatic heterocycles. The van der Waals surface area contributed by atoms with Crippen LogP contribution >= 0.6 is 11.6 Å². The zero-order chi connectivity index (χ0) is 20.8. The molecule has 1 heterocycles. The minimum absolute atomic E-state index is 0.0176. The average molecular weight is 417 g/mol. The minimum atomic E-state index is -0.386. The predicted molar refractivity (Wildman–Crippen MR) is 108 cm³/mol. The number of aromatic nitrogens is 3. The molecule has 0 saturated carbocycles. The van der Waals surface area contributed by atoms with Crippen LogP contribution in [0.1, 0.15) is 0 Å². The van der Waals surface area contributed by atoms with E-state index in [4.69, 9.17) is 11.6 Å². The molecule has 3 rings (SSSR count). The van der Waals surface area contributed by atoms with Crippen molar-refractivity contribution in [2.45, 2.75) is 0 Å². The number of anilines is 2. The van der Waals surface area contributed by atoms with E-state index in [1.165, 1.54) is 41.6 Å². The van der Waals surface area contributed by atoms with Crippen molar-refractivity contribution in [1.82, 2.24) is 19.7 Å². The lowest BCUT2D eigenvalue weighted by Crippen LogP contribution is -2.36. The van der Waals surface area contributed by atoms with E-state index in [0.29, 0.717) is 22.1 Å². The smallest absolute Gasteiger partial charge is 0.238 e. The summed E-state index contributed by atoms with van der Waals surface area (Å²) in [7, 11) is 1.64. The quantitative estimate of drug-likeness (QED) is 0.617. The van der Waals surface area contributed by atoms with Crippen molar-refractivity contribution in [2.24, 2.45) is 0 Å². The third-order valence-corrected chi connectivity index (χ3v) is 4.09. The summed E-state index contributed by atoms with van der Waals surface area (Å²) >= 11 is 6.04. The molecule has 2 aromatic carbocycles. The molecule has 3 aromatic rings. The van der Waals surface area contributed by atoms with E-state index in [-0.39, 0.29) is 30.7 Å². The molecule has 0 unspecified atom stereocenters. The van der Waals surface area contributed by atoms with Gasteiger partial charge in [-0.15, -0.1) is 0 Å². The average Bonchev–Trinajstić information content (AvgIpc) is 3.18. The molecular weight excluding hydrogens is 399 g/mol. The number of carbonyl (C=O) groups excluding carboxylic acids is 2. The molecule has 10 heteroatoms. The highest BCUT2D eigenvalue weighted by molar-refractivity contribution is 6.31. The Morgan fingerprint density at radius 1 is 1.10 bits per heavy atom. The molecule has 0 aliphatic heterocycles. The van der Waals surface area contributed by atoms with Gasteiger partial charge in [0.15, 0.2) is 0 Å². The van der Waals surface area contributed by atoms with Gasteiger partial charge in [0.05, 0.1) is 24.5 Å². The third-order valence-electron chi connectivity index (χ3n) is 3.85. The number of rotatable bonds is 7. The Morgan fingerprint density at radius 3 is 2.45 bits per heavy atom. The monoisotopic (exact) mass is 416 g/mol. The van der Waals surface area contributed by atoms with Crippen LogP contribution in [0.4, 0.5) is 15.8 Å². The fourth-order valence-electron chi connectivity index (χ4n) is 2.61. The maximum atomic E-state index is 12.9. The van der Waals surface area contributed by atoms with Gasteiger partial charge in [-0.2, -0.15) is 5.10 Å². The maximum absolute atomic E-state index is 12.9. The van der Waals surface area contributed by atoms with E-state index in [1.54, 1.807) is 30.1 Å². The van der Waals surface area contributed by atoms with E-state index in [9.17, 15) is 14.0 Å². The number of carbonyl (C=O) groups is 2. The molecule has 0 aliphatic carbocycles. The second-order valence-corrected chi connectivity index (χ2v) is 6.71. The van der Waals surface area contributed by atoms with Crippen LogP contribution in [-0.4, -0.2) is 51.6 Å². The maximum Gasteiger partial charge on any atom is 0.238 e. The van der Waals surface area contributed by atoms with E-state index in [1.807, 2.05) is 0 Å². The summed E-state index contributed by atoms with van der Waals surface area (Å²) < 4.78 is 14.4. The largest absolute Gasteiger partial charge is 0.325 e. The molecule has 0 radical (unpaired) electrons. The number of nitrogens with one attached hydrogen (secondary N) is 2. The molecule has 150 valence electrons. The highest BCUT2D eigenvalue weighted by Crippen LogP contribution is 2.23. The summed E-state index contributed by atoms with van der Waals surface area (Å²) in [5.41, 5.74) is 1.56. The van der Waals surface area contributed by atoms with E-state index in [2.05, 4.69) is 20.7 Å². The first-order chi connectivity index (χ1) is 13.9. The van der Waals surface area contributed by atoms with Crippen molar-refractivity contribution in [3.8, 4) is 5.69 Å². The molecule has 0 saturated heterocycles. The van der Waals surface area contributed by atoms with Gasteiger partial charge in [-0.3, -0.25) is 14.5 Å². The van der Waals surface area contributed by atoms with Crippen molar-refractivity contribution in [3.05, 3.63) is 66.0 Å². The Kier molecular flexibility index (Phi) is 6.53. The number of amides is 2. The van der Waals surface area contributed by atoms with Crippen LogP contribution in [0.15, 0.2) is 55.1 Å². The molecule has 2 N–H and O–H groups in total. The molecule has 8 nitrogen and oxygen atoms in total. The summed E-state index contributed by atoms with van der Waals surface area (Å²) in [6, 6.07) is 10.4. The van der Waals surface area contributed by atoms with Gasteiger partial charge < -0.3 is 10.6 Å². The van der Waals surface area contributed by atoms with Gasteiger partial charge in [-0.05, 0) is 49.5 Å². The minimum Gasteiger partial charge on any atom is -0.325 e. The first-order valence-electron chi connectivity index (χ1n) is 8.59. The molecule has 0 aliphatic rings. The number of hydrogen-bond donors (Lipinski definition) is 2. The number of hydrogen-bond acceptors (Lipinski definition) is 5. The normalized spacial score (nSPS) is 10.8. The summed E-state index contributed by atoms with van der Waals surface area (Å²) in [6.45, 7) is -0.0452. The fraction of sp³-hybridized carbons (Fsp3) is 0.158. The Hall–Kier alpha value is -3.30. The van der Waals surface area contributed by atoms with Crippen molar-refractivity contribution in [3.63, 3.8) is 0 Å². The van der Waals surface area contributed by atoms with Crippen LogP contribution in [0.3, 0.4) is 0 Å². The van der Waals surface area contributed by atoms with Crippen molar-refractivity contribution in [2.75, 3.05) is 30.8 Å². The van der Waals surface area contributed by atoms with Crippen LogP contribution in [-0.2, 0) is 9.59 Å². The van der Waals surface area contributed by atoms with Crippen LogP contribution < -0.4 is 10.6 Å². The molecule has 0 fully saturated rings. The second kappa shape index (κ2) is 9.26. The van der Waals surface area contributed by atoms with Gasteiger partial charge in [0.1, 0.15) is 18.5 Å². The van der Waals surface area contributed by atoms with Crippen molar-refractivity contribution >= 4 is 34.8 Å². The third kappa shape index (κ3) is 5.84. The number of likely N-dealkylation sites (N-methyl/N-ethyl adjacent to an activating group) is 1. The lowest BCUT2D eigenvalue weighted by atomic mass is 10.2. The van der Waals surface area contributed by atoms with Crippen LogP contribution in [0.25, 0.3) is 5.69 Å². The standard InChI is InChI=1S/C19H18ClFN6O2/c1-26(9-18(28)24-15-5-3-14(21)4-6-15)10-19(29)25-16-8-13(20)2-7-17(16)27-12-22-11-23-27/h2-8,11-12H,9-10H2,1H3,(H,24,28)(H,25,29). The van der Waals surface area contributed by atoms with Crippen LogP contribution in [0.5, 0.6) is 0 Å². The first kappa shape index (κ1) is 20.4. The summed E-state index contributed by atoms with van der Waals surface area (Å²) in [6.07, 6.45) is 2.89. The Bertz CT molecular complexity index is 994. The lowest BCUT2D eigenvalue weighted by Gasteiger charge is -2.17. The zero-order valence-corrected chi connectivity index (χ0v) is 16.2. The summed E-state index contributed by atoms with van der Waals surface area (Å²) in [5, 5.41) is 9.92. The Morgan fingerprint density at radius 2 is 1.79 bits per heavy atom. The van der Waals surface area contributed by atoms with Gasteiger partial charge in [0.25, 0.3) is 0 Å². The van der Waals surface area contributed by atoms with Crippen LogP contribution in [0, 0.1) is 5.82 Å². The predicted octanol–water partition coefficient (Wildman–Crippen LogP) is 2.57. The highest BCUT2D eigenvalue weighted by atomic mass is 35.5.